The summed E-state index contributed by atoms with van der Waals surface area (Å²) in [5.74, 6) is -0.212. The molecule has 0 heterocycles. The molecule has 1 unspecified atom stereocenters. The minimum absolute atomic E-state index is 0.104. The summed E-state index contributed by atoms with van der Waals surface area (Å²) in [5.41, 5.74) is 10.4. The number of hydrogen-bond donors (Lipinski definition) is 2. The minimum atomic E-state index is -0.413. The van der Waals surface area contributed by atoms with Crippen molar-refractivity contribution < 1.29 is 9.53 Å². The lowest BCUT2D eigenvalue weighted by Gasteiger charge is -2.19. The topological polar surface area (TPSA) is 78.3 Å². The fourth-order valence-corrected chi connectivity index (χ4v) is 0.814. The third-order valence-electron chi connectivity index (χ3n) is 1.44. The molecule has 4 N–H and O–H groups in total. The van der Waals surface area contributed by atoms with Gasteiger partial charge in [-0.3, -0.25) is 4.79 Å². The van der Waals surface area contributed by atoms with Gasteiger partial charge in [0.15, 0.2) is 0 Å². The summed E-state index contributed by atoms with van der Waals surface area (Å²) >= 11 is 0. The molecule has 0 aliphatic heterocycles. The van der Waals surface area contributed by atoms with Gasteiger partial charge in [-0.25, -0.2) is 0 Å². The molecule has 78 valence electrons. The molecule has 0 rings (SSSR count). The van der Waals surface area contributed by atoms with Crippen LogP contribution >= 0.6 is 0 Å². The molecule has 0 aliphatic carbocycles. The Labute approximate surface area is 79.6 Å². The highest BCUT2D eigenvalue weighted by Gasteiger charge is 2.16. The average molecular weight is 188 g/mol. The fourth-order valence-electron chi connectivity index (χ4n) is 0.814. The van der Waals surface area contributed by atoms with Crippen LogP contribution in [-0.2, 0) is 9.53 Å². The molecule has 0 amide bonds. The van der Waals surface area contributed by atoms with Crippen LogP contribution < -0.4 is 11.5 Å². The first-order valence-electron chi connectivity index (χ1n) is 4.52. The van der Waals surface area contributed by atoms with Crippen LogP contribution in [0.3, 0.4) is 0 Å². The van der Waals surface area contributed by atoms with E-state index >= 15 is 0 Å². The van der Waals surface area contributed by atoms with E-state index in [9.17, 15) is 4.79 Å². The second-order valence-electron chi connectivity index (χ2n) is 4.12. The van der Waals surface area contributed by atoms with Gasteiger partial charge >= 0.3 is 5.97 Å². The molecule has 0 aromatic heterocycles. The van der Waals surface area contributed by atoms with E-state index in [0.29, 0.717) is 19.4 Å². The molecule has 0 saturated carbocycles. The minimum Gasteiger partial charge on any atom is -0.460 e. The molecule has 0 aromatic rings. The highest BCUT2D eigenvalue weighted by atomic mass is 16.6. The summed E-state index contributed by atoms with van der Waals surface area (Å²) in [5, 5.41) is 0. The monoisotopic (exact) mass is 188 g/mol. The lowest BCUT2D eigenvalue weighted by Crippen LogP contribution is -2.31. The van der Waals surface area contributed by atoms with E-state index in [0.717, 1.165) is 0 Å². The molecule has 13 heavy (non-hydrogen) atoms. The van der Waals surface area contributed by atoms with E-state index in [-0.39, 0.29) is 12.0 Å². The molecule has 0 aromatic carbocycles. The Morgan fingerprint density at radius 3 is 2.38 bits per heavy atom. The summed E-state index contributed by atoms with van der Waals surface area (Å²) in [6.45, 7) is 5.93. The largest absolute Gasteiger partial charge is 0.460 e. The maximum atomic E-state index is 11.2. The third-order valence-corrected chi connectivity index (χ3v) is 1.44. The molecule has 4 nitrogen and oxygen atoms in total. The zero-order chi connectivity index (χ0) is 10.5. The highest BCUT2D eigenvalue weighted by molar-refractivity contribution is 5.69. The van der Waals surface area contributed by atoms with Crippen molar-refractivity contribution in [1.29, 1.82) is 0 Å². The van der Waals surface area contributed by atoms with Gasteiger partial charge < -0.3 is 16.2 Å². The van der Waals surface area contributed by atoms with Crippen LogP contribution in [-0.4, -0.2) is 24.2 Å². The number of rotatable bonds is 4. The van der Waals surface area contributed by atoms with Crippen molar-refractivity contribution in [2.75, 3.05) is 6.54 Å². The molecule has 4 heteroatoms. The van der Waals surface area contributed by atoms with Gasteiger partial charge in [0.2, 0.25) is 0 Å². The fraction of sp³-hybridized carbons (Fsp3) is 0.889. The van der Waals surface area contributed by atoms with Gasteiger partial charge in [-0.15, -0.1) is 0 Å². The molecule has 0 bridgehead atoms. The van der Waals surface area contributed by atoms with E-state index in [1.54, 1.807) is 0 Å². The first-order chi connectivity index (χ1) is 5.85. The van der Waals surface area contributed by atoms with E-state index in [4.69, 9.17) is 16.2 Å². The lowest BCUT2D eigenvalue weighted by atomic mass is 10.1. The molecular formula is C9H20N2O2. The van der Waals surface area contributed by atoms with Crippen LogP contribution in [0.15, 0.2) is 0 Å². The Bertz CT molecular complexity index is 163. The van der Waals surface area contributed by atoms with Crippen LogP contribution in [0.25, 0.3) is 0 Å². The first-order valence-corrected chi connectivity index (χ1v) is 4.52. The van der Waals surface area contributed by atoms with Gasteiger partial charge in [-0.1, -0.05) is 0 Å². The van der Waals surface area contributed by atoms with E-state index in [1.165, 1.54) is 0 Å². The van der Waals surface area contributed by atoms with Crippen LogP contribution in [0.1, 0.15) is 33.6 Å². The molecule has 0 radical (unpaired) electrons. The Balaban J connectivity index is 3.64. The summed E-state index contributed by atoms with van der Waals surface area (Å²) < 4.78 is 5.10. The van der Waals surface area contributed by atoms with Crippen molar-refractivity contribution in [2.45, 2.75) is 45.3 Å². The first kappa shape index (κ1) is 12.4. The Morgan fingerprint density at radius 1 is 1.46 bits per heavy atom. The number of carbonyl (C=O) groups is 1. The van der Waals surface area contributed by atoms with Crippen molar-refractivity contribution in [2.24, 2.45) is 11.5 Å². The van der Waals surface area contributed by atoms with Crippen molar-refractivity contribution in [3.8, 4) is 0 Å². The standard InChI is InChI=1S/C9H20N2O2/c1-9(2,3)13-8(12)5-4-7(11)6-10/h7H,4-6,10-11H2,1-3H3. The lowest BCUT2D eigenvalue weighted by molar-refractivity contribution is -0.155. The van der Waals surface area contributed by atoms with E-state index < -0.39 is 5.60 Å². The van der Waals surface area contributed by atoms with Crippen LogP contribution in [0.2, 0.25) is 0 Å². The Morgan fingerprint density at radius 2 is 2.00 bits per heavy atom. The normalized spacial score (nSPS) is 13.9. The molecule has 0 aliphatic rings. The molecule has 0 spiro atoms. The second-order valence-corrected chi connectivity index (χ2v) is 4.12. The van der Waals surface area contributed by atoms with E-state index in [1.807, 2.05) is 20.8 Å². The molecule has 0 fully saturated rings. The second kappa shape index (κ2) is 5.19. The number of ether oxygens (including phenoxy) is 1. The maximum absolute atomic E-state index is 11.2. The summed E-state index contributed by atoms with van der Waals surface area (Å²) in [7, 11) is 0. The van der Waals surface area contributed by atoms with Crippen LogP contribution in [0, 0.1) is 0 Å². The molecule has 1 atom stereocenters. The number of nitrogens with two attached hydrogens (primary N) is 2. The van der Waals surface area contributed by atoms with Crippen molar-refractivity contribution >= 4 is 5.97 Å². The zero-order valence-electron chi connectivity index (χ0n) is 8.67. The SMILES string of the molecule is CC(C)(C)OC(=O)CCC(N)CN. The molecular weight excluding hydrogens is 168 g/mol. The van der Waals surface area contributed by atoms with Gasteiger partial charge in [0.05, 0.1) is 0 Å². The third kappa shape index (κ3) is 7.74. The predicted molar refractivity (Wildman–Crippen MR) is 52.1 cm³/mol. The number of hydrogen-bond acceptors (Lipinski definition) is 4. The van der Waals surface area contributed by atoms with Gasteiger partial charge in [-0.2, -0.15) is 0 Å². The molecule has 0 saturated heterocycles. The maximum Gasteiger partial charge on any atom is 0.306 e. The van der Waals surface area contributed by atoms with Gasteiger partial charge in [0.25, 0.3) is 0 Å². The summed E-state index contributed by atoms with van der Waals surface area (Å²) in [4.78, 5) is 11.2. The van der Waals surface area contributed by atoms with Gasteiger partial charge in [0, 0.05) is 19.0 Å². The van der Waals surface area contributed by atoms with E-state index in [2.05, 4.69) is 0 Å². The summed E-state index contributed by atoms with van der Waals surface area (Å²) in [6.07, 6.45) is 0.932. The quantitative estimate of drug-likeness (QED) is 0.626. The average Bonchev–Trinajstić information content (AvgIpc) is 1.97. The van der Waals surface area contributed by atoms with Crippen molar-refractivity contribution in [1.82, 2.24) is 0 Å². The van der Waals surface area contributed by atoms with Crippen LogP contribution in [0.5, 0.6) is 0 Å². The summed E-state index contributed by atoms with van der Waals surface area (Å²) in [6, 6.07) is -0.104. The Kier molecular flexibility index (Phi) is 4.95. The predicted octanol–water partition coefficient (Wildman–Crippen LogP) is 0.394. The highest BCUT2D eigenvalue weighted by Crippen LogP contribution is 2.09. The number of esters is 1. The van der Waals surface area contributed by atoms with Gasteiger partial charge in [-0.05, 0) is 27.2 Å². The van der Waals surface area contributed by atoms with Crippen molar-refractivity contribution in [3.05, 3.63) is 0 Å². The van der Waals surface area contributed by atoms with Crippen LogP contribution in [0.4, 0.5) is 0 Å². The zero-order valence-corrected chi connectivity index (χ0v) is 8.67. The van der Waals surface area contributed by atoms with Crippen molar-refractivity contribution in [3.63, 3.8) is 0 Å². The Hall–Kier alpha value is -0.610. The van der Waals surface area contributed by atoms with Gasteiger partial charge in [0.1, 0.15) is 5.60 Å². The smallest absolute Gasteiger partial charge is 0.306 e. The number of carbonyl (C=O) groups excluding carboxylic acids is 1.